The minimum absolute atomic E-state index is 0. The van der Waals surface area contributed by atoms with Gasteiger partial charge in [0.25, 0.3) is 0 Å². The molecular weight excluding hydrogens is 1450 g/mol. The Balaban J connectivity index is 0.000000141. The van der Waals surface area contributed by atoms with Crippen molar-refractivity contribution in [2.75, 3.05) is 0 Å². The molecule has 2 aliphatic carbocycles. The topological polar surface area (TPSA) is 51.6 Å². The third-order valence-corrected chi connectivity index (χ3v) is 22.8. The molecule has 6 aromatic carbocycles. The van der Waals surface area contributed by atoms with Gasteiger partial charge in [0.15, 0.2) is 0 Å². The summed E-state index contributed by atoms with van der Waals surface area (Å²) >= 11 is 3.84. The van der Waals surface area contributed by atoms with Gasteiger partial charge in [0.2, 0.25) is 0 Å². The van der Waals surface area contributed by atoms with Crippen LogP contribution in [0.15, 0.2) is 183 Å². The van der Waals surface area contributed by atoms with Crippen LogP contribution in [-0.2, 0) is 40.2 Å². The van der Waals surface area contributed by atoms with Gasteiger partial charge in [-0.2, -0.15) is 22.7 Å². The fourth-order valence-electron chi connectivity index (χ4n) is 11.5. The van der Waals surface area contributed by atoms with Crippen LogP contribution in [-0.4, -0.2) is 36.1 Å². The minimum atomic E-state index is -1.40. The van der Waals surface area contributed by atoms with Gasteiger partial charge in [-0.25, -0.2) is 0 Å². The van der Waals surface area contributed by atoms with E-state index in [4.69, 9.17) is 9.97 Å². The maximum absolute atomic E-state index is 4.76. The molecule has 0 atom stereocenters. The molecule has 0 bridgehead atoms. The summed E-state index contributed by atoms with van der Waals surface area (Å²) in [6, 6.07) is 68.8. The minimum Gasteiger partial charge on any atom is -0.305 e. The first-order valence-corrected chi connectivity index (χ1v) is 37.8. The molecule has 2 radical (unpaired) electrons. The summed E-state index contributed by atoms with van der Waals surface area (Å²) in [4.78, 5) is 18.1. The molecule has 12 aromatic rings. The second-order valence-electron chi connectivity index (χ2n) is 24.2. The quantitative estimate of drug-likeness (QED) is 0.112. The normalized spacial score (nSPS) is 13.5. The Morgan fingerprint density at radius 3 is 1.38 bits per heavy atom. The smallest absolute Gasteiger partial charge is 0.0794 e. The van der Waals surface area contributed by atoms with Gasteiger partial charge in [0.1, 0.15) is 0 Å². The number of pyridine rings is 4. The van der Waals surface area contributed by atoms with Gasteiger partial charge in [-0.3, -0.25) is 0 Å². The van der Waals surface area contributed by atoms with E-state index >= 15 is 0 Å². The summed E-state index contributed by atoms with van der Waals surface area (Å²) in [6.45, 7) is 18.6. The number of thiophene rings is 2. The van der Waals surface area contributed by atoms with Crippen LogP contribution in [0.3, 0.4) is 0 Å². The van der Waals surface area contributed by atoms with E-state index in [0.717, 1.165) is 39.5 Å². The molecule has 84 heavy (non-hydrogen) atoms. The van der Waals surface area contributed by atoms with E-state index in [1.165, 1.54) is 125 Å². The molecule has 430 valence electrons. The van der Waals surface area contributed by atoms with Gasteiger partial charge in [0.05, 0.1) is 16.1 Å². The van der Waals surface area contributed by atoms with E-state index in [1.54, 1.807) is 5.19 Å². The van der Waals surface area contributed by atoms with E-state index in [-0.39, 0.29) is 40.2 Å². The standard InChI is InChI=1S/2C25H26NSSi.2C12H10N.2Ir/c1-28(2,3)23-13-7-11-20-19-10-6-12-21(24(19)27-25(20)23)22-16-18(14-15-26-22)17-8-4-5-9-17;1-28(2,3)19-11-12-20-21-9-6-10-22(25(21)27-24(20)16-19)23-15-18(13-14-26-23)17-7-4-5-8-17;2*1-10-7-8-12(13-9-10)11-5-3-2-4-6-11;;/h6-7,10-11,13-17H,4-5,8-9H2,1-3H3;6,9,11-17H,4-5,7-8H2,1-3H3;2*2-5,7-9H,1H3;;/q4*-1;;. The third-order valence-electron chi connectivity index (χ3n) is 16.1. The third kappa shape index (κ3) is 14.7. The monoisotopic (exact) mass is 1520 g/mol. The average molecular weight is 1520 g/mol. The van der Waals surface area contributed by atoms with Gasteiger partial charge in [-0.15, -0.1) is 119 Å². The van der Waals surface area contributed by atoms with Crippen LogP contribution in [0.1, 0.15) is 85.5 Å². The molecule has 6 heterocycles. The summed E-state index contributed by atoms with van der Waals surface area (Å²) in [6.07, 6.45) is 18.5. The number of aryl methyl sites for hydroxylation is 2. The van der Waals surface area contributed by atoms with E-state index in [0.29, 0.717) is 11.8 Å². The zero-order valence-corrected chi connectivity index (χ0v) is 57.8. The number of hydrogen-bond acceptors (Lipinski definition) is 6. The Kier molecular flexibility index (Phi) is 20.9. The molecule has 2 fully saturated rings. The Morgan fingerprint density at radius 1 is 0.417 bits per heavy atom. The summed E-state index contributed by atoms with van der Waals surface area (Å²) in [5.41, 5.74) is 13.8. The molecule has 14 rings (SSSR count). The molecule has 4 nitrogen and oxygen atoms in total. The van der Waals surface area contributed by atoms with E-state index < -0.39 is 16.1 Å². The molecule has 6 aromatic heterocycles. The maximum Gasteiger partial charge on any atom is 0.0794 e. The predicted molar refractivity (Wildman–Crippen MR) is 358 cm³/mol. The predicted octanol–water partition coefficient (Wildman–Crippen LogP) is 19.9. The van der Waals surface area contributed by atoms with Crippen molar-refractivity contribution in [3.05, 3.63) is 229 Å². The van der Waals surface area contributed by atoms with Crippen LogP contribution in [0, 0.1) is 38.1 Å². The molecular formula is C74H72Ir2N4S2Si2-4. The second kappa shape index (κ2) is 28.1. The van der Waals surface area contributed by atoms with Crippen LogP contribution in [0.25, 0.3) is 85.4 Å². The Labute approximate surface area is 535 Å². The van der Waals surface area contributed by atoms with Crippen LogP contribution < -0.4 is 10.4 Å². The maximum atomic E-state index is 4.76. The van der Waals surface area contributed by atoms with Crippen LogP contribution >= 0.6 is 22.7 Å². The molecule has 10 heteroatoms. The number of fused-ring (bicyclic) bond motifs is 6. The summed E-state index contributed by atoms with van der Waals surface area (Å²) < 4.78 is 5.51. The molecule has 2 aliphatic rings. The van der Waals surface area contributed by atoms with Crippen LogP contribution in [0.5, 0.6) is 0 Å². The molecule has 0 aliphatic heterocycles. The van der Waals surface area contributed by atoms with Crippen LogP contribution in [0.2, 0.25) is 39.3 Å². The van der Waals surface area contributed by atoms with Gasteiger partial charge >= 0.3 is 0 Å². The second-order valence-corrected chi connectivity index (χ2v) is 36.4. The fourth-order valence-corrected chi connectivity index (χ4v) is 17.7. The zero-order chi connectivity index (χ0) is 56.8. The Bertz CT molecular complexity index is 4020. The number of aromatic nitrogens is 4. The van der Waals surface area contributed by atoms with Crippen molar-refractivity contribution >= 4 is 89.5 Å². The number of hydrogen-bond donors (Lipinski definition) is 0. The van der Waals surface area contributed by atoms with Crippen molar-refractivity contribution in [2.45, 2.75) is 116 Å². The molecule has 0 N–H and O–H groups in total. The largest absolute Gasteiger partial charge is 0.305 e. The van der Waals surface area contributed by atoms with Crippen LogP contribution in [0.4, 0.5) is 0 Å². The molecule has 0 saturated heterocycles. The van der Waals surface area contributed by atoms with Crippen molar-refractivity contribution in [1.29, 1.82) is 0 Å². The first-order chi connectivity index (χ1) is 39.7. The van der Waals surface area contributed by atoms with Crippen molar-refractivity contribution < 1.29 is 40.2 Å². The van der Waals surface area contributed by atoms with Gasteiger partial charge in [0, 0.05) is 74.4 Å². The average Bonchev–Trinajstić information content (AvgIpc) is 2.69. The van der Waals surface area contributed by atoms with Crippen molar-refractivity contribution in [1.82, 2.24) is 19.9 Å². The molecule has 2 saturated carbocycles. The first kappa shape index (κ1) is 62.6. The Hall–Kier alpha value is -5.91. The van der Waals surface area contributed by atoms with Crippen molar-refractivity contribution in [2.24, 2.45) is 0 Å². The van der Waals surface area contributed by atoms with Gasteiger partial charge in [-0.1, -0.05) is 159 Å². The summed E-state index contributed by atoms with van der Waals surface area (Å²) in [7, 11) is -2.71. The van der Waals surface area contributed by atoms with Gasteiger partial charge < -0.3 is 19.9 Å². The Morgan fingerprint density at radius 2 is 0.917 bits per heavy atom. The number of rotatable bonds is 8. The van der Waals surface area contributed by atoms with Crippen molar-refractivity contribution in [3.8, 4) is 45.0 Å². The molecule has 0 amide bonds. The zero-order valence-electron chi connectivity index (χ0n) is 49.4. The number of benzene rings is 6. The SMILES string of the molecule is C[Si](C)(C)c1ccc2c(c1)sc1c(-c3cc(C4CCCC4)ccn3)[c-]ccc12.C[Si](C)(C)c1cccc2c1sc1c(-c3cc(C4CCCC4)ccn3)[c-]ccc12.Cc1ccc(-c2[c-]cccc2)nc1.Cc1ccc(-c2[c-]cccc2)nc1.[Ir].[Ir]. The van der Waals surface area contributed by atoms with E-state index in [1.807, 2.05) is 122 Å². The van der Waals surface area contributed by atoms with E-state index in [2.05, 4.69) is 171 Å². The molecule has 0 unspecified atom stereocenters. The first-order valence-electron chi connectivity index (χ1n) is 29.2. The van der Waals surface area contributed by atoms with E-state index in [9.17, 15) is 0 Å². The summed E-state index contributed by atoms with van der Waals surface area (Å²) in [5.74, 6) is 1.42. The number of nitrogens with zero attached hydrogens (tertiary/aromatic N) is 4. The van der Waals surface area contributed by atoms with Gasteiger partial charge in [-0.05, 0) is 129 Å². The molecule has 0 spiro atoms. The van der Waals surface area contributed by atoms with Crippen molar-refractivity contribution in [3.63, 3.8) is 0 Å². The summed E-state index contributed by atoms with van der Waals surface area (Å²) in [5, 5.41) is 8.53. The fraction of sp³-hybridized carbons (Fsp3) is 0.243.